The fraction of sp³-hybridized carbons (Fsp3) is 0.571. The Balaban J connectivity index is 2.89. The molecule has 0 spiro atoms. The summed E-state index contributed by atoms with van der Waals surface area (Å²) >= 11 is 0. The molecule has 0 aromatic carbocycles. The quantitative estimate of drug-likeness (QED) is 0.727. The lowest BCUT2D eigenvalue weighted by atomic mass is 10.0. The summed E-state index contributed by atoms with van der Waals surface area (Å²) in [5.74, 6) is -2.38. The van der Waals surface area contributed by atoms with Crippen LogP contribution in [0.1, 0.15) is 36.1 Å². The van der Waals surface area contributed by atoms with E-state index in [1.807, 2.05) is 6.92 Å². The average molecular weight is 346 g/mol. The second-order valence-corrected chi connectivity index (χ2v) is 7.47. The van der Waals surface area contributed by atoms with Crippen molar-refractivity contribution in [3.05, 3.63) is 17.6 Å². The molecule has 130 valence electrons. The van der Waals surface area contributed by atoms with E-state index in [9.17, 15) is 18.0 Å². The first-order valence-electron chi connectivity index (χ1n) is 7.15. The number of aliphatic carboxylic acids is 1. The zero-order valence-corrected chi connectivity index (χ0v) is 14.4. The minimum absolute atomic E-state index is 0.0441. The summed E-state index contributed by atoms with van der Waals surface area (Å²) in [6, 6.07) is 1.15. The van der Waals surface area contributed by atoms with Gasteiger partial charge in [-0.2, -0.15) is 0 Å². The largest absolute Gasteiger partial charge is 0.481 e. The molecule has 0 saturated heterocycles. The van der Waals surface area contributed by atoms with Gasteiger partial charge in [-0.1, -0.05) is 13.3 Å². The Morgan fingerprint density at radius 1 is 1.39 bits per heavy atom. The lowest BCUT2D eigenvalue weighted by molar-refractivity contribution is -0.141. The Morgan fingerprint density at radius 2 is 2.00 bits per heavy atom. The number of furan rings is 1. The number of hydrogen-bond donors (Lipinski definition) is 2. The van der Waals surface area contributed by atoms with E-state index in [-0.39, 0.29) is 23.0 Å². The lowest BCUT2D eigenvalue weighted by Gasteiger charge is -2.11. The van der Waals surface area contributed by atoms with Gasteiger partial charge < -0.3 is 14.8 Å². The fourth-order valence-electron chi connectivity index (χ4n) is 1.99. The summed E-state index contributed by atoms with van der Waals surface area (Å²) in [6.45, 7) is 3.26. The smallest absolute Gasteiger partial charge is 0.308 e. The van der Waals surface area contributed by atoms with Gasteiger partial charge in [0.2, 0.25) is 10.0 Å². The number of hydrogen-bond acceptors (Lipinski definition) is 5. The van der Waals surface area contributed by atoms with Crippen LogP contribution in [0.3, 0.4) is 0 Å². The minimum Gasteiger partial charge on any atom is -0.481 e. The molecule has 1 aromatic rings. The van der Waals surface area contributed by atoms with Crippen molar-refractivity contribution in [3.63, 3.8) is 0 Å². The number of rotatable bonds is 8. The molecule has 1 aromatic heterocycles. The summed E-state index contributed by atoms with van der Waals surface area (Å²) in [7, 11) is -0.951. The predicted molar refractivity (Wildman–Crippen MR) is 82.7 cm³/mol. The van der Waals surface area contributed by atoms with E-state index < -0.39 is 27.8 Å². The van der Waals surface area contributed by atoms with Crippen LogP contribution in [-0.2, 0) is 14.8 Å². The third-order valence-electron chi connectivity index (χ3n) is 3.35. The van der Waals surface area contributed by atoms with Gasteiger partial charge in [0, 0.05) is 26.7 Å². The first-order valence-corrected chi connectivity index (χ1v) is 8.59. The van der Waals surface area contributed by atoms with Crippen LogP contribution in [0.4, 0.5) is 0 Å². The Kier molecular flexibility index (Phi) is 6.34. The molecule has 8 nitrogen and oxygen atoms in total. The highest BCUT2D eigenvalue weighted by atomic mass is 32.2. The molecule has 1 rings (SSSR count). The lowest BCUT2D eigenvalue weighted by Crippen LogP contribution is -2.32. The maximum atomic E-state index is 12.1. The van der Waals surface area contributed by atoms with Crippen molar-refractivity contribution in [2.24, 2.45) is 5.92 Å². The van der Waals surface area contributed by atoms with Gasteiger partial charge in [-0.05, 0) is 13.3 Å². The van der Waals surface area contributed by atoms with Crippen molar-refractivity contribution < 1.29 is 27.5 Å². The van der Waals surface area contributed by atoms with Gasteiger partial charge in [0.05, 0.1) is 5.92 Å². The molecule has 1 unspecified atom stereocenters. The Bertz CT molecular complexity index is 677. The van der Waals surface area contributed by atoms with Crippen LogP contribution >= 0.6 is 0 Å². The second-order valence-electron chi connectivity index (χ2n) is 5.35. The van der Waals surface area contributed by atoms with E-state index in [1.54, 1.807) is 0 Å². The molecule has 0 radical (unpaired) electrons. The zero-order valence-electron chi connectivity index (χ0n) is 13.6. The molecule has 9 heteroatoms. The van der Waals surface area contributed by atoms with Gasteiger partial charge in [0.25, 0.3) is 5.91 Å². The highest BCUT2D eigenvalue weighted by Crippen LogP contribution is 2.22. The van der Waals surface area contributed by atoms with Crippen molar-refractivity contribution in [1.29, 1.82) is 0 Å². The molecule has 0 aliphatic heterocycles. The van der Waals surface area contributed by atoms with Gasteiger partial charge in [-0.3, -0.25) is 9.59 Å². The van der Waals surface area contributed by atoms with Gasteiger partial charge in [0.1, 0.15) is 10.7 Å². The van der Waals surface area contributed by atoms with Crippen LogP contribution in [0.2, 0.25) is 0 Å². The molecule has 0 aliphatic rings. The van der Waals surface area contributed by atoms with Crippen LogP contribution in [0.15, 0.2) is 15.4 Å². The van der Waals surface area contributed by atoms with Crippen molar-refractivity contribution in [3.8, 4) is 0 Å². The topological polar surface area (TPSA) is 117 Å². The highest BCUT2D eigenvalue weighted by molar-refractivity contribution is 7.89. The Labute approximate surface area is 135 Å². The van der Waals surface area contributed by atoms with E-state index in [2.05, 4.69) is 5.32 Å². The van der Waals surface area contributed by atoms with E-state index in [0.29, 0.717) is 12.8 Å². The summed E-state index contributed by atoms with van der Waals surface area (Å²) in [6.07, 6.45) is 1.12. The number of sulfonamides is 1. The summed E-state index contributed by atoms with van der Waals surface area (Å²) in [4.78, 5) is 23.0. The maximum absolute atomic E-state index is 12.1. The van der Waals surface area contributed by atoms with E-state index in [1.165, 1.54) is 21.0 Å². The molecule has 2 N–H and O–H groups in total. The van der Waals surface area contributed by atoms with Crippen molar-refractivity contribution in [2.45, 2.75) is 31.6 Å². The number of amides is 1. The molecular weight excluding hydrogens is 324 g/mol. The van der Waals surface area contributed by atoms with Gasteiger partial charge >= 0.3 is 5.97 Å². The average Bonchev–Trinajstić information content (AvgIpc) is 2.85. The summed E-state index contributed by atoms with van der Waals surface area (Å²) < 4.78 is 30.4. The van der Waals surface area contributed by atoms with E-state index >= 15 is 0 Å². The Morgan fingerprint density at radius 3 is 2.48 bits per heavy atom. The molecule has 1 atom stereocenters. The number of carboxylic acid groups (broad SMARTS) is 1. The molecule has 1 heterocycles. The SMILES string of the molecule is CCCC(CNC(=O)c1cc(S(=O)(=O)N(C)C)c(C)o1)C(=O)O. The van der Waals surface area contributed by atoms with Crippen molar-refractivity contribution >= 4 is 21.9 Å². The number of carbonyl (C=O) groups excluding carboxylic acids is 1. The molecule has 0 fully saturated rings. The highest BCUT2D eigenvalue weighted by Gasteiger charge is 2.26. The molecule has 23 heavy (non-hydrogen) atoms. The van der Waals surface area contributed by atoms with Gasteiger partial charge in [-0.25, -0.2) is 12.7 Å². The van der Waals surface area contributed by atoms with Crippen molar-refractivity contribution in [2.75, 3.05) is 20.6 Å². The molecule has 0 saturated carbocycles. The third kappa shape index (κ3) is 4.55. The van der Waals surface area contributed by atoms with Crippen LogP contribution < -0.4 is 5.32 Å². The maximum Gasteiger partial charge on any atom is 0.308 e. The van der Waals surface area contributed by atoms with Gasteiger partial charge in [-0.15, -0.1) is 0 Å². The zero-order chi connectivity index (χ0) is 17.8. The summed E-state index contributed by atoms with van der Waals surface area (Å²) in [5.41, 5.74) is 0. The first-order chi connectivity index (χ1) is 10.6. The molecular formula is C14H22N2O6S. The molecule has 1 amide bonds. The van der Waals surface area contributed by atoms with Crippen LogP contribution in [-0.4, -0.2) is 50.3 Å². The van der Waals surface area contributed by atoms with E-state index in [4.69, 9.17) is 9.52 Å². The minimum atomic E-state index is -3.71. The van der Waals surface area contributed by atoms with Gasteiger partial charge in [0.15, 0.2) is 5.76 Å². The first kappa shape index (κ1) is 19.2. The van der Waals surface area contributed by atoms with E-state index in [0.717, 1.165) is 10.4 Å². The number of carbonyl (C=O) groups is 2. The standard InChI is InChI=1S/C14H22N2O6S/c1-5-6-10(14(18)19)8-15-13(17)11-7-12(9(2)22-11)23(20,21)16(3)4/h7,10H,5-6,8H2,1-4H3,(H,15,17)(H,18,19). The Hall–Kier alpha value is -1.87. The molecule has 0 bridgehead atoms. The number of carboxylic acids is 1. The monoisotopic (exact) mass is 346 g/mol. The van der Waals surface area contributed by atoms with Crippen LogP contribution in [0.25, 0.3) is 0 Å². The normalized spacial score (nSPS) is 13.1. The van der Waals surface area contributed by atoms with Crippen LogP contribution in [0, 0.1) is 12.8 Å². The van der Waals surface area contributed by atoms with Crippen molar-refractivity contribution in [1.82, 2.24) is 9.62 Å². The predicted octanol–water partition coefficient (Wildman–Crippen LogP) is 1.07. The fourth-order valence-corrected chi connectivity index (χ4v) is 3.05. The molecule has 0 aliphatic carbocycles. The van der Waals surface area contributed by atoms with Crippen LogP contribution in [0.5, 0.6) is 0 Å². The number of aryl methyl sites for hydroxylation is 1. The summed E-state index contributed by atoms with van der Waals surface area (Å²) in [5, 5.41) is 11.5. The number of nitrogens with zero attached hydrogens (tertiary/aromatic N) is 1. The number of nitrogens with one attached hydrogen (secondary N) is 1. The third-order valence-corrected chi connectivity index (χ3v) is 5.27. The second kappa shape index (κ2) is 7.60.